The van der Waals surface area contributed by atoms with Gasteiger partial charge in [-0.3, -0.25) is 4.90 Å². The second kappa shape index (κ2) is 5.80. The zero-order valence-corrected chi connectivity index (χ0v) is 11.2. The molecular weight excluding hydrogens is 261 g/mol. The summed E-state index contributed by atoms with van der Waals surface area (Å²) in [7, 11) is 0. The molecular formula is C10H15Cl2N5. The summed E-state index contributed by atoms with van der Waals surface area (Å²) in [5.74, 6) is 0.509. The van der Waals surface area contributed by atoms with E-state index in [0.29, 0.717) is 11.9 Å². The summed E-state index contributed by atoms with van der Waals surface area (Å²) in [6, 6.07) is 0.532. The molecule has 1 atom stereocenters. The van der Waals surface area contributed by atoms with Crippen LogP contribution in [0, 0.1) is 0 Å². The van der Waals surface area contributed by atoms with Gasteiger partial charge in [-0.25, -0.2) is 0 Å². The lowest BCUT2D eigenvalue weighted by atomic mass is 10.2. The average molecular weight is 276 g/mol. The summed E-state index contributed by atoms with van der Waals surface area (Å²) < 4.78 is 0. The molecule has 5 nitrogen and oxygen atoms in total. The van der Waals surface area contributed by atoms with Crippen molar-refractivity contribution in [2.24, 2.45) is 0 Å². The molecule has 0 aromatic carbocycles. The first-order valence-electron chi connectivity index (χ1n) is 5.74. The standard InChI is InChI=1S/C10H15Cl2N5/c1-2-17-5-3-4-7(17)6-13-9-8(11)15-16-10(12)14-9/h7H,2-6H2,1H3,(H,13,14,16). The Morgan fingerprint density at radius 2 is 2.24 bits per heavy atom. The van der Waals surface area contributed by atoms with E-state index in [0.717, 1.165) is 13.1 Å². The fraction of sp³-hybridized carbons (Fsp3) is 0.700. The van der Waals surface area contributed by atoms with Crippen LogP contribution in [0.4, 0.5) is 5.82 Å². The minimum Gasteiger partial charge on any atom is -0.366 e. The Balaban J connectivity index is 1.95. The topological polar surface area (TPSA) is 53.9 Å². The number of anilines is 1. The van der Waals surface area contributed by atoms with Gasteiger partial charge in [-0.2, -0.15) is 4.98 Å². The first-order valence-corrected chi connectivity index (χ1v) is 6.50. The molecule has 1 unspecified atom stereocenters. The molecule has 0 amide bonds. The summed E-state index contributed by atoms with van der Waals surface area (Å²) in [6.07, 6.45) is 2.45. The van der Waals surface area contributed by atoms with Crippen molar-refractivity contribution in [1.29, 1.82) is 0 Å². The van der Waals surface area contributed by atoms with Crippen molar-refractivity contribution in [2.45, 2.75) is 25.8 Å². The van der Waals surface area contributed by atoms with Gasteiger partial charge in [0.2, 0.25) is 5.28 Å². The lowest BCUT2D eigenvalue weighted by Gasteiger charge is -2.23. The van der Waals surface area contributed by atoms with E-state index in [4.69, 9.17) is 23.2 Å². The van der Waals surface area contributed by atoms with Gasteiger partial charge < -0.3 is 5.32 Å². The molecule has 2 heterocycles. The Labute approximate surface area is 111 Å². The zero-order valence-electron chi connectivity index (χ0n) is 9.66. The van der Waals surface area contributed by atoms with Crippen LogP contribution in [0.2, 0.25) is 10.4 Å². The van der Waals surface area contributed by atoms with E-state index in [9.17, 15) is 0 Å². The molecule has 2 rings (SSSR count). The van der Waals surface area contributed by atoms with Crippen LogP contribution in [0.25, 0.3) is 0 Å². The SMILES string of the molecule is CCN1CCCC1CNc1nc(Cl)nnc1Cl. The second-order valence-corrected chi connectivity index (χ2v) is 4.72. The predicted molar refractivity (Wildman–Crippen MR) is 68.6 cm³/mol. The minimum absolute atomic E-state index is 0.107. The van der Waals surface area contributed by atoms with E-state index in [1.165, 1.54) is 19.4 Å². The molecule has 1 fully saturated rings. The number of likely N-dealkylation sites (N-methyl/N-ethyl adjacent to an activating group) is 1. The highest BCUT2D eigenvalue weighted by Gasteiger charge is 2.22. The van der Waals surface area contributed by atoms with E-state index in [2.05, 4.69) is 32.3 Å². The number of hydrogen-bond acceptors (Lipinski definition) is 5. The summed E-state index contributed by atoms with van der Waals surface area (Å²) in [5.41, 5.74) is 0. The van der Waals surface area contributed by atoms with Gasteiger partial charge in [0, 0.05) is 12.6 Å². The molecule has 1 aliphatic rings. The molecule has 1 aromatic rings. The molecule has 1 N–H and O–H groups in total. The van der Waals surface area contributed by atoms with Crippen molar-refractivity contribution >= 4 is 29.0 Å². The molecule has 17 heavy (non-hydrogen) atoms. The smallest absolute Gasteiger partial charge is 0.245 e. The number of hydrogen-bond donors (Lipinski definition) is 1. The zero-order chi connectivity index (χ0) is 12.3. The fourth-order valence-electron chi connectivity index (χ4n) is 2.16. The van der Waals surface area contributed by atoms with E-state index in [1.807, 2.05) is 0 Å². The minimum atomic E-state index is 0.107. The highest BCUT2D eigenvalue weighted by atomic mass is 35.5. The largest absolute Gasteiger partial charge is 0.366 e. The maximum Gasteiger partial charge on any atom is 0.245 e. The van der Waals surface area contributed by atoms with Crippen LogP contribution in [0.3, 0.4) is 0 Å². The summed E-state index contributed by atoms with van der Waals surface area (Å²) >= 11 is 11.6. The summed E-state index contributed by atoms with van der Waals surface area (Å²) in [6.45, 7) is 5.22. The van der Waals surface area contributed by atoms with Crippen LogP contribution in [-0.2, 0) is 0 Å². The Kier molecular flexibility index (Phi) is 4.36. The lowest BCUT2D eigenvalue weighted by molar-refractivity contribution is 0.277. The maximum absolute atomic E-state index is 5.88. The van der Waals surface area contributed by atoms with Gasteiger partial charge in [-0.15, -0.1) is 10.2 Å². The molecule has 94 valence electrons. The summed E-state index contributed by atoms with van der Waals surface area (Å²) in [5, 5.41) is 10.8. The quantitative estimate of drug-likeness (QED) is 0.912. The number of halogens is 2. The lowest BCUT2D eigenvalue weighted by Crippen LogP contribution is -2.34. The van der Waals surface area contributed by atoms with Gasteiger partial charge >= 0.3 is 0 Å². The first kappa shape index (κ1) is 12.8. The Morgan fingerprint density at radius 1 is 1.41 bits per heavy atom. The van der Waals surface area contributed by atoms with Crippen LogP contribution in [0.15, 0.2) is 0 Å². The van der Waals surface area contributed by atoms with Gasteiger partial charge in [-0.05, 0) is 37.5 Å². The molecule has 0 bridgehead atoms. The molecule has 1 saturated heterocycles. The van der Waals surface area contributed by atoms with E-state index < -0.39 is 0 Å². The average Bonchev–Trinajstić information content (AvgIpc) is 2.77. The number of likely N-dealkylation sites (tertiary alicyclic amines) is 1. The molecule has 0 aliphatic carbocycles. The molecule has 7 heteroatoms. The number of nitrogens with zero attached hydrogens (tertiary/aromatic N) is 4. The van der Waals surface area contributed by atoms with Crippen molar-refractivity contribution < 1.29 is 0 Å². The van der Waals surface area contributed by atoms with Gasteiger partial charge in [0.25, 0.3) is 0 Å². The Bertz CT molecular complexity index is 387. The Morgan fingerprint density at radius 3 is 3.00 bits per heavy atom. The van der Waals surface area contributed by atoms with Gasteiger partial charge in [0.05, 0.1) is 0 Å². The van der Waals surface area contributed by atoms with Crippen molar-refractivity contribution in [3.05, 3.63) is 10.4 Å². The highest BCUT2D eigenvalue weighted by Crippen LogP contribution is 2.20. The Hall–Kier alpha value is -0.650. The third-order valence-electron chi connectivity index (χ3n) is 3.03. The van der Waals surface area contributed by atoms with Gasteiger partial charge in [-0.1, -0.05) is 18.5 Å². The van der Waals surface area contributed by atoms with Crippen LogP contribution < -0.4 is 5.32 Å². The summed E-state index contributed by atoms with van der Waals surface area (Å²) in [4.78, 5) is 6.46. The third kappa shape index (κ3) is 3.18. The van der Waals surface area contributed by atoms with Crippen molar-refractivity contribution in [1.82, 2.24) is 20.1 Å². The normalized spacial score (nSPS) is 20.8. The van der Waals surface area contributed by atoms with E-state index >= 15 is 0 Å². The van der Waals surface area contributed by atoms with Crippen LogP contribution in [0.5, 0.6) is 0 Å². The van der Waals surface area contributed by atoms with Crippen molar-refractivity contribution in [2.75, 3.05) is 25.0 Å². The van der Waals surface area contributed by atoms with E-state index in [1.54, 1.807) is 0 Å². The molecule has 0 radical (unpaired) electrons. The fourth-order valence-corrected chi connectivity index (χ4v) is 2.43. The highest BCUT2D eigenvalue weighted by molar-refractivity contribution is 6.32. The number of aromatic nitrogens is 3. The van der Waals surface area contributed by atoms with Crippen LogP contribution in [-0.4, -0.2) is 45.8 Å². The second-order valence-electron chi connectivity index (χ2n) is 4.03. The van der Waals surface area contributed by atoms with Gasteiger partial charge in [0.1, 0.15) is 0 Å². The van der Waals surface area contributed by atoms with Crippen LogP contribution in [0.1, 0.15) is 19.8 Å². The molecule has 0 saturated carbocycles. The predicted octanol–water partition coefficient (Wildman–Crippen LogP) is 2.07. The maximum atomic E-state index is 5.88. The van der Waals surface area contributed by atoms with Crippen molar-refractivity contribution in [3.8, 4) is 0 Å². The van der Waals surface area contributed by atoms with Gasteiger partial charge in [0.15, 0.2) is 11.0 Å². The third-order valence-corrected chi connectivity index (χ3v) is 3.44. The molecule has 0 spiro atoms. The van der Waals surface area contributed by atoms with E-state index in [-0.39, 0.29) is 10.4 Å². The monoisotopic (exact) mass is 275 g/mol. The van der Waals surface area contributed by atoms with Crippen LogP contribution >= 0.6 is 23.2 Å². The number of rotatable bonds is 4. The number of nitrogens with one attached hydrogen (secondary N) is 1. The van der Waals surface area contributed by atoms with Crippen molar-refractivity contribution in [3.63, 3.8) is 0 Å². The molecule has 1 aliphatic heterocycles. The first-order chi connectivity index (χ1) is 8.20. The molecule has 1 aromatic heterocycles.